The third-order valence-electron chi connectivity index (χ3n) is 7.21. The Labute approximate surface area is 241 Å². The van der Waals surface area contributed by atoms with Crippen LogP contribution >= 0.6 is 0 Å². The third-order valence-corrected chi connectivity index (χ3v) is 7.21. The lowest BCUT2D eigenvalue weighted by Crippen LogP contribution is -2.44. The minimum atomic E-state index is -0.160. The Balaban J connectivity index is 1.39. The van der Waals surface area contributed by atoms with Crippen molar-refractivity contribution in [3.8, 4) is 28.5 Å². The van der Waals surface area contributed by atoms with Crippen LogP contribution in [0.15, 0.2) is 54.6 Å². The number of aromatic nitrogens is 2. The molecule has 0 atom stereocenters. The molecular weight excluding hydrogens is 522 g/mol. The third kappa shape index (κ3) is 7.45. The molecule has 3 aromatic rings. The van der Waals surface area contributed by atoms with Crippen molar-refractivity contribution in [2.75, 3.05) is 65.5 Å². The van der Waals surface area contributed by atoms with Crippen LogP contribution in [0.5, 0.6) is 17.2 Å². The number of benzene rings is 2. The Morgan fingerprint density at radius 3 is 2.41 bits per heavy atom. The first-order chi connectivity index (χ1) is 20.0. The van der Waals surface area contributed by atoms with Crippen molar-refractivity contribution in [2.24, 2.45) is 0 Å². The number of hydrogen-bond acceptors (Lipinski definition) is 8. The van der Waals surface area contributed by atoms with E-state index < -0.39 is 0 Å². The Morgan fingerprint density at radius 1 is 0.878 bits per heavy atom. The van der Waals surface area contributed by atoms with Crippen LogP contribution in [0, 0.1) is 0 Å². The van der Waals surface area contributed by atoms with Crippen LogP contribution in [0.25, 0.3) is 11.3 Å². The number of anilines is 1. The number of hydrogen-bond donors (Lipinski definition) is 0. The van der Waals surface area contributed by atoms with E-state index in [-0.39, 0.29) is 18.4 Å². The second-order valence-electron chi connectivity index (χ2n) is 9.88. The summed E-state index contributed by atoms with van der Waals surface area (Å²) in [7, 11) is 4.78. The number of amides is 2. The van der Waals surface area contributed by atoms with Crippen LogP contribution in [0.1, 0.15) is 36.5 Å². The molecule has 2 amide bonds. The number of nitrogens with zero attached hydrogens (tertiary/aromatic N) is 5. The average molecular weight is 562 g/mol. The van der Waals surface area contributed by atoms with Gasteiger partial charge in [0.05, 0.1) is 27.0 Å². The molecule has 2 heterocycles. The van der Waals surface area contributed by atoms with Crippen LogP contribution < -0.4 is 19.1 Å². The Hall–Kier alpha value is -4.34. The van der Waals surface area contributed by atoms with Gasteiger partial charge >= 0.3 is 0 Å². The van der Waals surface area contributed by atoms with E-state index in [0.29, 0.717) is 49.0 Å². The van der Waals surface area contributed by atoms with Crippen molar-refractivity contribution >= 4 is 17.6 Å². The first-order valence-electron chi connectivity index (χ1n) is 14.0. The van der Waals surface area contributed by atoms with Gasteiger partial charge in [0.15, 0.2) is 17.3 Å². The maximum Gasteiger partial charge on any atom is 0.254 e. The fourth-order valence-corrected chi connectivity index (χ4v) is 4.84. The van der Waals surface area contributed by atoms with E-state index in [9.17, 15) is 9.59 Å². The molecule has 1 aliphatic heterocycles. The van der Waals surface area contributed by atoms with E-state index in [2.05, 4.69) is 22.0 Å². The zero-order valence-corrected chi connectivity index (χ0v) is 24.3. The molecular formula is C31H39N5O5. The highest BCUT2D eigenvalue weighted by atomic mass is 16.5. The molecule has 0 spiro atoms. The highest BCUT2D eigenvalue weighted by Crippen LogP contribution is 2.31. The molecule has 1 aromatic heterocycles. The van der Waals surface area contributed by atoms with E-state index in [4.69, 9.17) is 14.2 Å². The second-order valence-corrected chi connectivity index (χ2v) is 9.88. The summed E-state index contributed by atoms with van der Waals surface area (Å²) < 4.78 is 16.0. The van der Waals surface area contributed by atoms with Crippen molar-refractivity contribution in [2.45, 2.75) is 26.2 Å². The number of unbranched alkanes of at least 4 members (excludes halogenated alkanes) is 1. The molecule has 0 aliphatic carbocycles. The van der Waals surface area contributed by atoms with Gasteiger partial charge in [-0.15, -0.1) is 10.2 Å². The SMILES string of the molecule is CCCCN(CC(=O)N1CCCN(c2ccc(-c3ccc(OC)c(OC)c3)nn2)CC1)C(=O)c1cccc(OC)c1. The van der Waals surface area contributed by atoms with Gasteiger partial charge in [0.2, 0.25) is 5.91 Å². The van der Waals surface area contributed by atoms with Crippen LogP contribution in [0.4, 0.5) is 5.82 Å². The monoisotopic (exact) mass is 561 g/mol. The zero-order valence-electron chi connectivity index (χ0n) is 24.3. The van der Waals surface area contributed by atoms with E-state index in [1.54, 1.807) is 50.5 Å². The van der Waals surface area contributed by atoms with Crippen molar-refractivity contribution in [3.63, 3.8) is 0 Å². The molecule has 1 saturated heterocycles. The first kappa shape index (κ1) is 29.6. The van der Waals surface area contributed by atoms with Crippen LogP contribution in [0.2, 0.25) is 0 Å². The van der Waals surface area contributed by atoms with E-state index in [1.807, 2.05) is 35.2 Å². The minimum absolute atomic E-state index is 0.0471. The fourth-order valence-electron chi connectivity index (χ4n) is 4.84. The van der Waals surface area contributed by atoms with Gasteiger partial charge in [-0.25, -0.2) is 0 Å². The summed E-state index contributed by atoms with van der Waals surface area (Å²) in [4.78, 5) is 32.3. The molecule has 10 nitrogen and oxygen atoms in total. The van der Waals surface area contributed by atoms with Gasteiger partial charge in [-0.2, -0.15) is 0 Å². The van der Waals surface area contributed by atoms with Crippen molar-refractivity contribution in [1.29, 1.82) is 0 Å². The van der Waals surface area contributed by atoms with Gasteiger partial charge in [-0.05, 0) is 61.4 Å². The maximum absolute atomic E-state index is 13.4. The predicted molar refractivity (Wildman–Crippen MR) is 158 cm³/mol. The van der Waals surface area contributed by atoms with Crippen LogP contribution in [0.3, 0.4) is 0 Å². The standard InChI is InChI=1S/C31H39N5O5/c1-5-6-15-36(31(38)24-9-7-10-25(20-24)39-2)22-30(37)35-17-8-16-34(18-19-35)29-14-12-26(32-33-29)23-11-13-27(40-3)28(21-23)41-4/h7,9-14,20-21H,5-6,8,15-19,22H2,1-4H3. The zero-order chi connectivity index (χ0) is 29.2. The summed E-state index contributed by atoms with van der Waals surface area (Å²) in [6, 6.07) is 16.6. The summed E-state index contributed by atoms with van der Waals surface area (Å²) in [6.07, 6.45) is 2.55. The molecule has 0 radical (unpaired) electrons. The van der Waals surface area contributed by atoms with Gasteiger partial charge < -0.3 is 28.9 Å². The van der Waals surface area contributed by atoms with Crippen molar-refractivity contribution in [3.05, 3.63) is 60.2 Å². The molecule has 0 N–H and O–H groups in total. The second kappa shape index (κ2) is 14.3. The van der Waals surface area contributed by atoms with Gasteiger partial charge in [0, 0.05) is 43.9 Å². The maximum atomic E-state index is 13.4. The molecule has 1 aliphatic rings. The summed E-state index contributed by atoms with van der Waals surface area (Å²) in [5, 5.41) is 8.93. The van der Waals surface area contributed by atoms with Gasteiger partial charge in [0.25, 0.3) is 5.91 Å². The summed E-state index contributed by atoms with van der Waals surface area (Å²) in [6.45, 7) is 5.22. The smallest absolute Gasteiger partial charge is 0.254 e. The first-order valence-corrected chi connectivity index (χ1v) is 14.0. The number of carbonyl (C=O) groups excluding carboxylic acids is 2. The van der Waals surface area contributed by atoms with E-state index in [0.717, 1.165) is 42.9 Å². The predicted octanol–water partition coefficient (Wildman–Crippen LogP) is 4.15. The largest absolute Gasteiger partial charge is 0.497 e. The van der Waals surface area contributed by atoms with Crippen LogP contribution in [-0.4, -0.2) is 92.4 Å². The Morgan fingerprint density at radius 2 is 1.71 bits per heavy atom. The fraction of sp³-hybridized carbons (Fsp3) is 0.419. The summed E-state index contributed by atoms with van der Waals surface area (Å²) in [5.74, 6) is 2.46. The Bertz CT molecular complexity index is 1320. The lowest BCUT2D eigenvalue weighted by Gasteiger charge is -2.27. The number of carbonyl (C=O) groups is 2. The number of methoxy groups -OCH3 is 3. The lowest BCUT2D eigenvalue weighted by atomic mass is 10.1. The number of rotatable bonds is 11. The van der Waals surface area contributed by atoms with Gasteiger partial charge in [-0.3, -0.25) is 9.59 Å². The lowest BCUT2D eigenvalue weighted by molar-refractivity contribution is -0.131. The van der Waals surface area contributed by atoms with Gasteiger partial charge in [0.1, 0.15) is 12.3 Å². The molecule has 0 bridgehead atoms. The normalized spacial score (nSPS) is 13.4. The quantitative estimate of drug-likeness (QED) is 0.345. The van der Waals surface area contributed by atoms with Gasteiger partial charge in [-0.1, -0.05) is 19.4 Å². The highest BCUT2D eigenvalue weighted by molar-refractivity contribution is 5.96. The molecule has 1 fully saturated rings. The van der Waals surface area contributed by atoms with E-state index >= 15 is 0 Å². The van der Waals surface area contributed by atoms with Crippen molar-refractivity contribution < 1.29 is 23.8 Å². The summed E-state index contributed by atoms with van der Waals surface area (Å²) in [5.41, 5.74) is 2.13. The topological polar surface area (TPSA) is 97.3 Å². The minimum Gasteiger partial charge on any atom is -0.497 e. The molecule has 10 heteroatoms. The molecule has 0 saturated carbocycles. The Kier molecular flexibility index (Phi) is 10.4. The van der Waals surface area contributed by atoms with Crippen LogP contribution in [-0.2, 0) is 4.79 Å². The summed E-state index contributed by atoms with van der Waals surface area (Å²) >= 11 is 0. The number of ether oxygens (including phenoxy) is 3. The molecule has 41 heavy (non-hydrogen) atoms. The highest BCUT2D eigenvalue weighted by Gasteiger charge is 2.25. The molecule has 4 rings (SSSR count). The molecule has 218 valence electrons. The van der Waals surface area contributed by atoms with Crippen molar-refractivity contribution in [1.82, 2.24) is 20.0 Å². The van der Waals surface area contributed by atoms with E-state index in [1.165, 1.54) is 0 Å². The molecule has 2 aromatic carbocycles. The molecule has 0 unspecified atom stereocenters. The average Bonchev–Trinajstić information content (AvgIpc) is 3.29.